The summed E-state index contributed by atoms with van der Waals surface area (Å²) in [5.74, 6) is 0.625. The summed E-state index contributed by atoms with van der Waals surface area (Å²) < 4.78 is 0. The maximum Gasteiger partial charge on any atom is 0.249 e. The first-order valence-electron chi connectivity index (χ1n) is 6.92. The predicted molar refractivity (Wildman–Crippen MR) is 84.8 cm³/mol. The molecule has 0 aromatic heterocycles. The lowest BCUT2D eigenvalue weighted by atomic mass is 9.91. The number of hydroxylamine groups is 1. The molecule has 2 aromatic rings. The Labute approximate surface area is 124 Å². The third-order valence-electron chi connectivity index (χ3n) is 3.20. The van der Waals surface area contributed by atoms with Gasteiger partial charge in [0.1, 0.15) is 0 Å². The van der Waals surface area contributed by atoms with Gasteiger partial charge in [-0.05, 0) is 23.6 Å². The molecule has 2 rings (SSSR count). The van der Waals surface area contributed by atoms with Gasteiger partial charge < -0.3 is 10.6 Å². The monoisotopic (exact) mass is 284 g/mol. The van der Waals surface area contributed by atoms with Gasteiger partial charge in [0.2, 0.25) is 5.91 Å². The van der Waals surface area contributed by atoms with Crippen molar-refractivity contribution >= 4 is 11.6 Å². The molecule has 0 spiro atoms. The third kappa shape index (κ3) is 3.34. The Kier molecular flexibility index (Phi) is 4.48. The molecule has 0 aliphatic carbocycles. The van der Waals surface area contributed by atoms with Crippen molar-refractivity contribution in [2.75, 3.05) is 5.73 Å². The average molecular weight is 284 g/mol. The summed E-state index contributed by atoms with van der Waals surface area (Å²) in [4.78, 5) is 16.5. The number of anilines is 1. The van der Waals surface area contributed by atoms with Crippen LogP contribution < -0.4 is 16.1 Å². The van der Waals surface area contributed by atoms with E-state index in [0.717, 1.165) is 22.4 Å². The van der Waals surface area contributed by atoms with Crippen LogP contribution in [0.2, 0.25) is 0 Å². The summed E-state index contributed by atoms with van der Waals surface area (Å²) in [6, 6.07) is 13.5. The normalized spacial score (nSPS) is 10.5. The molecule has 1 amide bonds. The van der Waals surface area contributed by atoms with Gasteiger partial charge in [0, 0.05) is 23.7 Å². The van der Waals surface area contributed by atoms with Gasteiger partial charge in [-0.15, -0.1) is 0 Å². The highest BCUT2D eigenvalue weighted by molar-refractivity contribution is 5.80. The number of nitrogens with two attached hydrogens (primary N) is 1. The van der Waals surface area contributed by atoms with Gasteiger partial charge in [0.15, 0.2) is 5.75 Å². The van der Waals surface area contributed by atoms with E-state index in [0.29, 0.717) is 5.75 Å². The molecule has 110 valence electrons. The molecular weight excluding hydrogens is 264 g/mol. The van der Waals surface area contributed by atoms with Crippen LogP contribution in [0.25, 0.3) is 11.1 Å². The lowest BCUT2D eigenvalue weighted by Gasteiger charge is -2.18. The zero-order valence-electron chi connectivity index (χ0n) is 12.5. The summed E-state index contributed by atoms with van der Waals surface area (Å²) in [6.07, 6.45) is 0. The highest BCUT2D eigenvalue weighted by Gasteiger charge is 2.16. The molecule has 0 radical (unpaired) electrons. The van der Waals surface area contributed by atoms with Crippen molar-refractivity contribution in [1.29, 1.82) is 0 Å². The Balaban J connectivity index is 2.54. The van der Waals surface area contributed by atoms with E-state index in [-0.39, 0.29) is 11.8 Å². The molecule has 0 aliphatic rings. The molecule has 0 atom stereocenters. The largest absolute Gasteiger partial charge is 0.398 e. The number of rotatable bonds is 4. The van der Waals surface area contributed by atoms with E-state index in [4.69, 9.17) is 10.6 Å². The summed E-state index contributed by atoms with van der Waals surface area (Å²) in [7, 11) is 0. The minimum Gasteiger partial charge on any atom is -0.398 e. The van der Waals surface area contributed by atoms with Crippen LogP contribution in [0.4, 0.5) is 5.69 Å². The quantitative estimate of drug-likeness (QED) is 0.667. The maximum absolute atomic E-state index is 11.1. The van der Waals surface area contributed by atoms with Crippen LogP contribution >= 0.6 is 0 Å². The van der Waals surface area contributed by atoms with Crippen molar-refractivity contribution in [1.82, 2.24) is 5.48 Å². The van der Waals surface area contributed by atoms with Gasteiger partial charge in [-0.2, -0.15) is 5.48 Å². The number of benzene rings is 2. The van der Waals surface area contributed by atoms with Crippen molar-refractivity contribution in [3.63, 3.8) is 0 Å². The molecule has 0 saturated heterocycles. The zero-order chi connectivity index (χ0) is 15.4. The minimum absolute atomic E-state index is 0.226. The summed E-state index contributed by atoms with van der Waals surface area (Å²) in [6.45, 7) is 5.57. The molecule has 0 aliphatic heterocycles. The maximum atomic E-state index is 11.1. The Hall–Kier alpha value is -2.49. The second-order valence-electron chi connectivity index (χ2n) is 5.22. The Morgan fingerprint density at radius 3 is 2.38 bits per heavy atom. The second-order valence-corrected chi connectivity index (χ2v) is 5.22. The van der Waals surface area contributed by atoms with Crippen LogP contribution in [-0.2, 0) is 4.79 Å². The number of carbonyl (C=O) groups is 1. The van der Waals surface area contributed by atoms with Crippen LogP contribution in [0.1, 0.15) is 32.3 Å². The fourth-order valence-corrected chi connectivity index (χ4v) is 2.33. The second kappa shape index (κ2) is 6.31. The summed E-state index contributed by atoms with van der Waals surface area (Å²) in [5.41, 5.74) is 12.2. The first-order valence-corrected chi connectivity index (χ1v) is 6.92. The lowest BCUT2D eigenvalue weighted by Crippen LogP contribution is -2.24. The van der Waals surface area contributed by atoms with Gasteiger partial charge >= 0.3 is 0 Å². The van der Waals surface area contributed by atoms with E-state index < -0.39 is 0 Å². The SMILES string of the molecule is CC(=O)NOc1cccc(-c2ccccc2N)c1C(C)C. The molecule has 21 heavy (non-hydrogen) atoms. The Morgan fingerprint density at radius 1 is 1.10 bits per heavy atom. The lowest BCUT2D eigenvalue weighted by molar-refractivity contribution is -0.125. The fourth-order valence-electron chi connectivity index (χ4n) is 2.33. The molecule has 0 unspecified atom stereocenters. The smallest absolute Gasteiger partial charge is 0.249 e. The molecular formula is C17H20N2O2. The van der Waals surface area contributed by atoms with Crippen LogP contribution in [0, 0.1) is 0 Å². The number of nitrogen functional groups attached to an aromatic ring is 1. The van der Waals surface area contributed by atoms with E-state index >= 15 is 0 Å². The van der Waals surface area contributed by atoms with E-state index in [2.05, 4.69) is 19.3 Å². The number of nitrogens with one attached hydrogen (secondary N) is 1. The van der Waals surface area contributed by atoms with Crippen LogP contribution in [0.15, 0.2) is 42.5 Å². The fraction of sp³-hybridized carbons (Fsp3) is 0.235. The average Bonchev–Trinajstić information content (AvgIpc) is 2.45. The van der Waals surface area contributed by atoms with Crippen molar-refractivity contribution in [2.24, 2.45) is 0 Å². The van der Waals surface area contributed by atoms with E-state index in [1.165, 1.54) is 6.92 Å². The van der Waals surface area contributed by atoms with E-state index in [9.17, 15) is 4.79 Å². The predicted octanol–water partition coefficient (Wildman–Crippen LogP) is 3.49. The Bertz CT molecular complexity index is 651. The molecule has 2 aromatic carbocycles. The summed E-state index contributed by atoms with van der Waals surface area (Å²) in [5, 5.41) is 0. The topological polar surface area (TPSA) is 64.3 Å². The number of hydrogen-bond donors (Lipinski definition) is 2. The van der Waals surface area contributed by atoms with Gasteiger partial charge in [-0.25, -0.2) is 0 Å². The highest BCUT2D eigenvalue weighted by atomic mass is 16.7. The number of amides is 1. The van der Waals surface area contributed by atoms with Crippen molar-refractivity contribution in [2.45, 2.75) is 26.7 Å². The molecule has 0 bridgehead atoms. The molecule has 0 saturated carbocycles. The third-order valence-corrected chi connectivity index (χ3v) is 3.20. The molecule has 0 heterocycles. The zero-order valence-corrected chi connectivity index (χ0v) is 12.5. The standard InChI is InChI=1S/C17H20N2O2/c1-11(2)17-14(13-7-4-5-9-15(13)18)8-6-10-16(17)21-19-12(3)20/h4-11H,18H2,1-3H3,(H,19,20). The number of carbonyl (C=O) groups excluding carboxylic acids is 1. The first kappa shape index (κ1) is 14.9. The molecule has 3 N–H and O–H groups in total. The van der Waals surface area contributed by atoms with Crippen LogP contribution in [0.5, 0.6) is 5.75 Å². The Morgan fingerprint density at radius 2 is 1.76 bits per heavy atom. The summed E-state index contributed by atoms with van der Waals surface area (Å²) >= 11 is 0. The van der Waals surface area contributed by atoms with Crippen molar-refractivity contribution in [3.05, 3.63) is 48.0 Å². The molecule has 4 nitrogen and oxygen atoms in total. The highest BCUT2D eigenvalue weighted by Crippen LogP contribution is 2.38. The first-order chi connectivity index (χ1) is 10.0. The number of para-hydroxylation sites is 1. The van der Waals surface area contributed by atoms with Gasteiger partial charge in [-0.3, -0.25) is 4.79 Å². The van der Waals surface area contributed by atoms with Crippen LogP contribution in [0.3, 0.4) is 0 Å². The van der Waals surface area contributed by atoms with Gasteiger partial charge in [0.25, 0.3) is 0 Å². The number of hydrogen-bond acceptors (Lipinski definition) is 3. The van der Waals surface area contributed by atoms with Crippen molar-refractivity contribution in [3.8, 4) is 16.9 Å². The minimum atomic E-state index is -0.241. The van der Waals surface area contributed by atoms with E-state index in [1.54, 1.807) is 0 Å². The van der Waals surface area contributed by atoms with Crippen molar-refractivity contribution < 1.29 is 9.63 Å². The van der Waals surface area contributed by atoms with Gasteiger partial charge in [-0.1, -0.05) is 44.2 Å². The molecule has 0 fully saturated rings. The van der Waals surface area contributed by atoms with Crippen LogP contribution in [-0.4, -0.2) is 5.91 Å². The van der Waals surface area contributed by atoms with Gasteiger partial charge in [0.05, 0.1) is 0 Å². The molecule has 4 heteroatoms. The van der Waals surface area contributed by atoms with E-state index in [1.807, 2.05) is 42.5 Å².